The summed E-state index contributed by atoms with van der Waals surface area (Å²) in [5, 5.41) is 12.7. The molecule has 0 spiro atoms. The number of methoxy groups -OCH3 is 1. The predicted octanol–water partition coefficient (Wildman–Crippen LogP) is -0.552. The number of hydrogen-bond acceptors (Lipinski definition) is 5. The summed E-state index contributed by atoms with van der Waals surface area (Å²) in [6, 6.07) is -0.654. The van der Waals surface area contributed by atoms with Crippen LogP contribution in [0.1, 0.15) is 20.3 Å². The zero-order valence-electron chi connectivity index (χ0n) is 10.3. The van der Waals surface area contributed by atoms with Gasteiger partial charge < -0.3 is 24.7 Å². The Morgan fingerprint density at radius 2 is 2.24 bits per heavy atom. The van der Waals surface area contributed by atoms with Crippen LogP contribution in [0.15, 0.2) is 0 Å². The van der Waals surface area contributed by atoms with Crippen molar-refractivity contribution < 1.29 is 24.2 Å². The van der Waals surface area contributed by atoms with Crippen LogP contribution in [-0.4, -0.2) is 48.9 Å². The predicted molar refractivity (Wildman–Crippen MR) is 59.1 cm³/mol. The van der Waals surface area contributed by atoms with E-state index in [0.29, 0.717) is 12.7 Å². The maximum atomic E-state index is 11.1. The monoisotopic (exact) mass is 245 g/mol. The van der Waals surface area contributed by atoms with Crippen LogP contribution < -0.4 is 5.32 Å². The second-order valence-electron chi connectivity index (χ2n) is 4.13. The Morgan fingerprint density at radius 3 is 2.65 bits per heavy atom. The highest BCUT2D eigenvalue weighted by Gasteiger charge is 2.44. The minimum atomic E-state index is -0.863. The third kappa shape index (κ3) is 3.02. The molecule has 1 saturated heterocycles. The number of aliphatic hydroxyl groups is 1. The number of aldehydes is 1. The molecule has 1 fully saturated rings. The average Bonchev–Trinajstić information content (AvgIpc) is 2.30. The number of hydrogen-bond donors (Lipinski definition) is 2. The molecule has 5 atom stereocenters. The van der Waals surface area contributed by atoms with Crippen LogP contribution in [0.5, 0.6) is 0 Å². The van der Waals surface area contributed by atoms with Crippen molar-refractivity contribution in [2.45, 2.75) is 44.8 Å². The summed E-state index contributed by atoms with van der Waals surface area (Å²) in [5.41, 5.74) is 0. The Morgan fingerprint density at radius 1 is 1.59 bits per heavy atom. The minimum Gasteiger partial charge on any atom is -0.390 e. The van der Waals surface area contributed by atoms with Crippen LogP contribution in [0.25, 0.3) is 0 Å². The first-order chi connectivity index (χ1) is 8.04. The van der Waals surface area contributed by atoms with E-state index in [0.717, 1.165) is 0 Å². The maximum absolute atomic E-state index is 11.1. The Kier molecular flexibility index (Phi) is 5.04. The molecular formula is C11H19NO5. The smallest absolute Gasteiger partial charge is 0.217 e. The molecule has 0 bridgehead atoms. The fourth-order valence-electron chi connectivity index (χ4n) is 2.16. The summed E-state index contributed by atoms with van der Waals surface area (Å²) in [7, 11) is 1.40. The molecule has 0 aromatic heterocycles. The van der Waals surface area contributed by atoms with Gasteiger partial charge in [0.15, 0.2) is 6.29 Å². The van der Waals surface area contributed by atoms with E-state index in [1.54, 1.807) is 0 Å². The van der Waals surface area contributed by atoms with Crippen molar-refractivity contribution in [2.75, 3.05) is 7.11 Å². The van der Waals surface area contributed by atoms with Crippen molar-refractivity contribution in [1.29, 1.82) is 0 Å². The first-order valence-corrected chi connectivity index (χ1v) is 5.63. The van der Waals surface area contributed by atoms with Gasteiger partial charge in [-0.1, -0.05) is 6.92 Å². The number of amides is 1. The summed E-state index contributed by atoms with van der Waals surface area (Å²) in [4.78, 5) is 21.9. The minimum absolute atomic E-state index is 0.279. The molecule has 0 aromatic rings. The molecule has 0 radical (unpaired) electrons. The molecule has 5 unspecified atom stereocenters. The number of nitrogens with one attached hydrogen (secondary N) is 1. The lowest BCUT2D eigenvalue weighted by molar-refractivity contribution is -0.234. The van der Waals surface area contributed by atoms with Gasteiger partial charge in [0.05, 0.1) is 6.10 Å². The van der Waals surface area contributed by atoms with E-state index in [-0.39, 0.29) is 11.8 Å². The van der Waals surface area contributed by atoms with Gasteiger partial charge in [-0.15, -0.1) is 0 Å². The molecule has 98 valence electrons. The van der Waals surface area contributed by atoms with Crippen molar-refractivity contribution in [3.8, 4) is 0 Å². The molecule has 0 saturated carbocycles. The number of aliphatic hydroxyl groups excluding tert-OH is 1. The van der Waals surface area contributed by atoms with Crippen LogP contribution in [-0.2, 0) is 19.1 Å². The second-order valence-corrected chi connectivity index (χ2v) is 4.13. The summed E-state index contributed by atoms with van der Waals surface area (Å²) in [6.45, 7) is 3.21. The summed E-state index contributed by atoms with van der Waals surface area (Å²) < 4.78 is 10.5. The van der Waals surface area contributed by atoms with E-state index in [1.165, 1.54) is 14.0 Å². The Labute approximate surface area is 100 Å². The molecule has 6 nitrogen and oxygen atoms in total. The molecule has 2 N–H and O–H groups in total. The molecule has 0 aliphatic carbocycles. The highest BCUT2D eigenvalue weighted by Crippen LogP contribution is 2.28. The van der Waals surface area contributed by atoms with E-state index < -0.39 is 24.5 Å². The van der Waals surface area contributed by atoms with E-state index in [2.05, 4.69) is 5.32 Å². The van der Waals surface area contributed by atoms with Crippen LogP contribution >= 0.6 is 0 Å². The van der Waals surface area contributed by atoms with E-state index >= 15 is 0 Å². The second kappa shape index (κ2) is 6.09. The third-order valence-corrected chi connectivity index (χ3v) is 3.02. The highest BCUT2D eigenvalue weighted by atomic mass is 16.7. The fourth-order valence-corrected chi connectivity index (χ4v) is 2.16. The molecule has 1 aliphatic heterocycles. The van der Waals surface area contributed by atoms with E-state index in [9.17, 15) is 14.7 Å². The molecule has 1 amide bonds. The zero-order chi connectivity index (χ0) is 13.0. The Balaban J connectivity index is 2.87. The lowest BCUT2D eigenvalue weighted by Gasteiger charge is -2.42. The molecule has 6 heteroatoms. The van der Waals surface area contributed by atoms with Gasteiger partial charge >= 0.3 is 0 Å². The van der Waals surface area contributed by atoms with Gasteiger partial charge in [-0.25, -0.2) is 0 Å². The normalized spacial score (nSPS) is 37.5. The molecule has 17 heavy (non-hydrogen) atoms. The summed E-state index contributed by atoms with van der Waals surface area (Å²) in [5.74, 6) is -0.616. The van der Waals surface area contributed by atoms with Crippen molar-refractivity contribution in [2.24, 2.45) is 5.92 Å². The number of ether oxygens (including phenoxy) is 2. The molecular weight excluding hydrogens is 226 g/mol. The SMILES string of the molecule is CCC1C(C=O)OC(OC)C(NC(C)=O)C1O. The van der Waals surface area contributed by atoms with Gasteiger partial charge in [0, 0.05) is 20.0 Å². The number of rotatable bonds is 4. The van der Waals surface area contributed by atoms with Crippen molar-refractivity contribution in [1.82, 2.24) is 5.32 Å². The van der Waals surface area contributed by atoms with E-state index in [4.69, 9.17) is 9.47 Å². The first-order valence-electron chi connectivity index (χ1n) is 5.63. The van der Waals surface area contributed by atoms with Gasteiger partial charge in [0.2, 0.25) is 5.91 Å². The van der Waals surface area contributed by atoms with Crippen LogP contribution in [0, 0.1) is 5.92 Å². The largest absolute Gasteiger partial charge is 0.390 e. The topological polar surface area (TPSA) is 84.9 Å². The van der Waals surface area contributed by atoms with Gasteiger partial charge in [-0.2, -0.15) is 0 Å². The fraction of sp³-hybridized carbons (Fsp3) is 0.818. The molecule has 0 aromatic carbocycles. The van der Waals surface area contributed by atoms with Crippen molar-refractivity contribution in [3.63, 3.8) is 0 Å². The molecule has 1 heterocycles. The van der Waals surface area contributed by atoms with Gasteiger partial charge in [0.1, 0.15) is 18.4 Å². The van der Waals surface area contributed by atoms with E-state index in [1.807, 2.05) is 6.92 Å². The highest BCUT2D eigenvalue weighted by molar-refractivity contribution is 5.73. The average molecular weight is 245 g/mol. The number of carbonyl (C=O) groups excluding carboxylic acids is 2. The number of carbonyl (C=O) groups is 2. The molecule has 1 rings (SSSR count). The maximum Gasteiger partial charge on any atom is 0.217 e. The Hall–Kier alpha value is -0.980. The first kappa shape index (κ1) is 14.1. The van der Waals surface area contributed by atoms with Crippen molar-refractivity contribution >= 4 is 12.2 Å². The Bertz CT molecular complexity index is 283. The van der Waals surface area contributed by atoms with Crippen LogP contribution in [0.2, 0.25) is 0 Å². The lowest BCUT2D eigenvalue weighted by Crippen LogP contribution is -2.61. The van der Waals surface area contributed by atoms with Gasteiger partial charge in [0.25, 0.3) is 0 Å². The van der Waals surface area contributed by atoms with Crippen LogP contribution in [0.4, 0.5) is 0 Å². The van der Waals surface area contributed by atoms with Gasteiger partial charge in [-0.05, 0) is 6.42 Å². The summed E-state index contributed by atoms with van der Waals surface area (Å²) >= 11 is 0. The quantitative estimate of drug-likeness (QED) is 0.649. The van der Waals surface area contributed by atoms with Crippen LogP contribution in [0.3, 0.4) is 0 Å². The van der Waals surface area contributed by atoms with Crippen molar-refractivity contribution in [3.05, 3.63) is 0 Å². The zero-order valence-corrected chi connectivity index (χ0v) is 10.3. The van der Waals surface area contributed by atoms with Gasteiger partial charge in [-0.3, -0.25) is 4.79 Å². The standard InChI is InChI=1S/C11H19NO5/c1-4-7-8(5-13)17-11(16-3)9(10(7)15)12-6(2)14/h5,7-11,15H,4H2,1-3H3,(H,12,14). The molecule has 1 aliphatic rings. The summed E-state index contributed by atoms with van der Waals surface area (Å²) in [6.07, 6.45) is -1.14. The third-order valence-electron chi connectivity index (χ3n) is 3.02. The lowest BCUT2D eigenvalue weighted by atomic mass is 9.86.